The number of hydrogen-bond donors (Lipinski definition) is 1. The molecule has 0 aliphatic carbocycles. The Balaban J connectivity index is 1.59. The molecule has 0 aromatic carbocycles. The van der Waals surface area contributed by atoms with E-state index >= 15 is 0 Å². The summed E-state index contributed by atoms with van der Waals surface area (Å²) in [5, 5.41) is 11.0. The highest BCUT2D eigenvalue weighted by Crippen LogP contribution is 2.40. The predicted octanol–water partition coefficient (Wildman–Crippen LogP) is 7.13. The van der Waals surface area contributed by atoms with Gasteiger partial charge in [0.05, 0.1) is 37.1 Å². The molecule has 4 rings (SSSR count). The molecule has 1 N–H and O–H groups in total. The van der Waals surface area contributed by atoms with Crippen LogP contribution in [0.25, 0.3) is 0 Å². The molecule has 1 fully saturated rings. The van der Waals surface area contributed by atoms with Crippen LogP contribution in [0.4, 0.5) is 0 Å². The molecule has 4 heterocycles. The first kappa shape index (κ1) is 35.0. The number of aliphatic hydroxyl groups is 1. The molecule has 7 nitrogen and oxygen atoms in total. The highest BCUT2D eigenvalue weighted by Gasteiger charge is 2.48. The van der Waals surface area contributed by atoms with Crippen LogP contribution in [0.5, 0.6) is 0 Å². The minimum atomic E-state index is -2.27. The second-order valence-corrected chi connectivity index (χ2v) is 19.6. The molecule has 0 aromatic rings. The number of ether oxygens (including phenoxy) is 4. The summed E-state index contributed by atoms with van der Waals surface area (Å²) in [6, 6.07) is 0. The standard InChI is InChI=1S/C36H56O7Si/c1-24-17-18-39-28(20-24)15-16-31(43-44(7,8)36(4,5)6)32-23-33-35(42-33)30(37)22-26(3)19-25(2)21-29-13-9-11-27(40-29)12-10-14-34(38)41-32/h9-11,14-17,25,27-33,35,37H,3,12-13,18-23H2,1-2,4-8H3/b14-10-,16-15+/t25-,27-,28+,29-,30+,31-,32-,33-,35+/m0/s1. The van der Waals surface area contributed by atoms with E-state index in [2.05, 4.69) is 78.6 Å². The van der Waals surface area contributed by atoms with Gasteiger partial charge in [-0.05, 0) is 69.5 Å². The number of cyclic esters (lactones) is 1. The van der Waals surface area contributed by atoms with Crippen molar-refractivity contribution in [3.05, 3.63) is 60.3 Å². The zero-order valence-electron chi connectivity index (χ0n) is 28.0. The van der Waals surface area contributed by atoms with Gasteiger partial charge >= 0.3 is 5.97 Å². The number of aliphatic hydroxyl groups excluding tert-OH is 1. The summed E-state index contributed by atoms with van der Waals surface area (Å²) in [7, 11) is -2.27. The average Bonchev–Trinajstić information content (AvgIpc) is 3.69. The lowest BCUT2D eigenvalue weighted by atomic mass is 9.91. The summed E-state index contributed by atoms with van der Waals surface area (Å²) in [4.78, 5) is 13.3. The van der Waals surface area contributed by atoms with Gasteiger partial charge in [-0.2, -0.15) is 0 Å². The van der Waals surface area contributed by atoms with Gasteiger partial charge in [0.15, 0.2) is 8.32 Å². The Kier molecular flexibility index (Phi) is 12.1. The highest BCUT2D eigenvalue weighted by atomic mass is 28.4. The van der Waals surface area contributed by atoms with Crippen molar-refractivity contribution in [1.29, 1.82) is 0 Å². The SMILES string of the molecule is C=C1C[C@H](C)C[C@@H]2CC=C[C@@H](C/C=C\C(=O)O[C@H]([C@H](/C=C/[C@@H]3CC(C)=CCO3)O[Si](C)(C)C(C)(C)C)C[C@@H]3O[C@@H]3[C@H](O)C1)O2. The van der Waals surface area contributed by atoms with Crippen molar-refractivity contribution in [2.75, 3.05) is 6.61 Å². The summed E-state index contributed by atoms with van der Waals surface area (Å²) < 4.78 is 31.4. The molecular weight excluding hydrogens is 572 g/mol. The zero-order valence-corrected chi connectivity index (χ0v) is 29.0. The molecular formula is C36H56O7Si. The van der Waals surface area contributed by atoms with Crippen LogP contribution in [0.3, 0.4) is 0 Å². The number of carbonyl (C=O) groups excluding carboxylic acids is 1. The van der Waals surface area contributed by atoms with Gasteiger partial charge in [0.25, 0.3) is 0 Å². The highest BCUT2D eigenvalue weighted by molar-refractivity contribution is 6.74. The van der Waals surface area contributed by atoms with Gasteiger partial charge in [-0.3, -0.25) is 0 Å². The van der Waals surface area contributed by atoms with Crippen molar-refractivity contribution in [3.8, 4) is 0 Å². The van der Waals surface area contributed by atoms with Crippen molar-refractivity contribution < 1.29 is 33.3 Å². The van der Waals surface area contributed by atoms with E-state index in [4.69, 9.17) is 23.4 Å². The van der Waals surface area contributed by atoms with Crippen LogP contribution in [0, 0.1) is 5.92 Å². The van der Waals surface area contributed by atoms with Crippen LogP contribution in [-0.2, 0) is 28.2 Å². The molecule has 0 saturated carbocycles. The second-order valence-electron chi connectivity index (χ2n) is 14.9. The first-order valence-electron chi connectivity index (χ1n) is 16.5. The van der Waals surface area contributed by atoms with Gasteiger partial charge in [-0.25, -0.2) is 4.79 Å². The largest absolute Gasteiger partial charge is 0.456 e. The summed E-state index contributed by atoms with van der Waals surface area (Å²) in [5.41, 5.74) is 2.32. The third-order valence-electron chi connectivity index (χ3n) is 9.66. The van der Waals surface area contributed by atoms with Crippen molar-refractivity contribution >= 4 is 14.3 Å². The maximum atomic E-state index is 13.3. The van der Waals surface area contributed by atoms with Gasteiger partial charge < -0.3 is 28.5 Å². The van der Waals surface area contributed by atoms with E-state index in [1.165, 1.54) is 11.6 Å². The van der Waals surface area contributed by atoms with E-state index in [-0.39, 0.29) is 35.6 Å². The van der Waals surface area contributed by atoms with E-state index in [0.717, 1.165) is 31.3 Å². The Labute approximate surface area is 266 Å². The fourth-order valence-corrected chi connectivity index (χ4v) is 7.34. The van der Waals surface area contributed by atoms with Crippen molar-refractivity contribution in [2.24, 2.45) is 5.92 Å². The molecule has 4 aliphatic heterocycles. The Morgan fingerprint density at radius 2 is 1.89 bits per heavy atom. The lowest BCUT2D eigenvalue weighted by molar-refractivity contribution is -0.147. The number of rotatable bonds is 5. The van der Waals surface area contributed by atoms with Crippen molar-refractivity contribution in [2.45, 2.75) is 147 Å². The van der Waals surface area contributed by atoms with Crippen LogP contribution in [0.1, 0.15) is 79.6 Å². The summed E-state index contributed by atoms with van der Waals surface area (Å²) in [6.07, 6.45) is 16.5. The smallest absolute Gasteiger partial charge is 0.330 e. The van der Waals surface area contributed by atoms with E-state index in [9.17, 15) is 9.90 Å². The van der Waals surface area contributed by atoms with Gasteiger partial charge in [-0.1, -0.05) is 81.9 Å². The normalized spacial score (nSPS) is 36.0. The molecule has 44 heavy (non-hydrogen) atoms. The van der Waals surface area contributed by atoms with Crippen LogP contribution in [0.15, 0.2) is 60.3 Å². The van der Waals surface area contributed by atoms with Crippen molar-refractivity contribution in [1.82, 2.24) is 0 Å². The molecule has 2 bridgehead atoms. The topological polar surface area (TPSA) is 86.8 Å². The first-order valence-corrected chi connectivity index (χ1v) is 19.4. The predicted molar refractivity (Wildman–Crippen MR) is 177 cm³/mol. The Morgan fingerprint density at radius 1 is 1.11 bits per heavy atom. The summed E-state index contributed by atoms with van der Waals surface area (Å²) >= 11 is 0. The number of carbonyl (C=O) groups is 1. The second kappa shape index (κ2) is 15.2. The van der Waals surface area contributed by atoms with Crippen LogP contribution < -0.4 is 0 Å². The lowest BCUT2D eigenvalue weighted by Gasteiger charge is -2.40. The summed E-state index contributed by atoms with van der Waals surface area (Å²) in [6.45, 7) is 20.2. The van der Waals surface area contributed by atoms with Crippen LogP contribution in [0.2, 0.25) is 18.1 Å². The molecule has 4 aliphatic rings. The van der Waals surface area contributed by atoms with Gasteiger partial charge in [0.2, 0.25) is 0 Å². The minimum Gasteiger partial charge on any atom is -0.456 e. The molecule has 8 heteroatoms. The minimum absolute atomic E-state index is 0.0448. The molecule has 0 spiro atoms. The van der Waals surface area contributed by atoms with E-state index in [1.807, 2.05) is 12.2 Å². The van der Waals surface area contributed by atoms with Crippen LogP contribution >= 0.6 is 0 Å². The van der Waals surface area contributed by atoms with E-state index < -0.39 is 32.6 Å². The van der Waals surface area contributed by atoms with Gasteiger partial charge in [0, 0.05) is 12.5 Å². The summed E-state index contributed by atoms with van der Waals surface area (Å²) in [5.74, 6) is -0.0267. The molecule has 9 atom stereocenters. The van der Waals surface area contributed by atoms with E-state index in [0.29, 0.717) is 31.8 Å². The zero-order chi connectivity index (χ0) is 32.1. The maximum absolute atomic E-state index is 13.3. The molecule has 0 amide bonds. The van der Waals surface area contributed by atoms with Gasteiger partial charge in [0.1, 0.15) is 18.3 Å². The maximum Gasteiger partial charge on any atom is 0.330 e. The fourth-order valence-electron chi connectivity index (χ4n) is 6.07. The Morgan fingerprint density at radius 3 is 2.61 bits per heavy atom. The van der Waals surface area contributed by atoms with E-state index in [1.54, 1.807) is 0 Å². The molecule has 1 saturated heterocycles. The average molecular weight is 629 g/mol. The molecule has 0 radical (unpaired) electrons. The lowest BCUT2D eigenvalue weighted by Crippen LogP contribution is -2.47. The number of fused-ring (bicyclic) bond motifs is 3. The number of epoxide rings is 1. The van der Waals surface area contributed by atoms with Crippen LogP contribution in [-0.4, -0.2) is 74.8 Å². The first-order chi connectivity index (χ1) is 20.7. The third kappa shape index (κ3) is 10.4. The molecule has 246 valence electrons. The monoisotopic (exact) mass is 628 g/mol. The number of hydrogen-bond acceptors (Lipinski definition) is 7. The third-order valence-corrected chi connectivity index (χ3v) is 14.1. The fraction of sp³-hybridized carbons (Fsp3) is 0.694. The van der Waals surface area contributed by atoms with Gasteiger partial charge in [-0.15, -0.1) is 0 Å². The molecule has 0 unspecified atom stereocenters. The molecule has 0 aromatic heterocycles. The Hall–Kier alpha value is -1.81. The Bertz CT molecular complexity index is 1120. The van der Waals surface area contributed by atoms with Crippen molar-refractivity contribution in [3.63, 3.8) is 0 Å². The quantitative estimate of drug-likeness (QED) is 0.150. The number of esters is 1.